The Balaban J connectivity index is 0.986. The van der Waals surface area contributed by atoms with E-state index in [9.17, 15) is 14.7 Å². The van der Waals surface area contributed by atoms with Crippen molar-refractivity contribution in [1.82, 2.24) is 10.2 Å². The molecule has 5 aliphatic rings. The van der Waals surface area contributed by atoms with Gasteiger partial charge in [-0.25, -0.2) is 0 Å². The molecule has 0 aromatic rings. The van der Waals surface area contributed by atoms with E-state index in [4.69, 9.17) is 14.2 Å². The van der Waals surface area contributed by atoms with Crippen LogP contribution in [0.4, 0.5) is 0 Å². The molecule has 5 rings (SSSR count). The summed E-state index contributed by atoms with van der Waals surface area (Å²) in [6.07, 6.45) is 17.3. The summed E-state index contributed by atoms with van der Waals surface area (Å²) in [6, 6.07) is -0.0770. The maximum absolute atomic E-state index is 12.5. The minimum Gasteiger partial charge on any atom is -0.394 e. The molecular weight excluding hydrogens is 592 g/mol. The van der Waals surface area contributed by atoms with Crippen LogP contribution in [0, 0.1) is 46.3 Å². The molecule has 0 aromatic heterocycles. The second-order valence-corrected chi connectivity index (χ2v) is 16.7. The van der Waals surface area contributed by atoms with Crippen molar-refractivity contribution >= 4 is 11.8 Å². The van der Waals surface area contributed by atoms with Crippen LogP contribution in [0.2, 0.25) is 0 Å². The molecule has 0 aromatic carbocycles. The summed E-state index contributed by atoms with van der Waals surface area (Å²) >= 11 is 0. The summed E-state index contributed by atoms with van der Waals surface area (Å²) in [4.78, 5) is 26.4. The average Bonchev–Trinajstić information content (AvgIpc) is 3.68. The molecule has 2 N–H and O–H groups in total. The van der Waals surface area contributed by atoms with E-state index < -0.39 is 0 Å². The number of carbonyl (C=O) groups is 2. The van der Waals surface area contributed by atoms with Gasteiger partial charge < -0.3 is 29.5 Å². The van der Waals surface area contributed by atoms with Crippen LogP contribution in [0.25, 0.3) is 0 Å². The highest BCUT2D eigenvalue weighted by molar-refractivity contribution is 5.78. The Hall–Kier alpha value is -1.48. The highest BCUT2D eigenvalue weighted by Gasteiger charge is 2.59. The number of hydrogen-bond acceptors (Lipinski definition) is 6. The quantitative estimate of drug-likeness (QED) is 0.153. The van der Waals surface area contributed by atoms with Crippen molar-refractivity contribution in [2.75, 3.05) is 52.7 Å². The zero-order valence-corrected chi connectivity index (χ0v) is 30.3. The van der Waals surface area contributed by atoms with Gasteiger partial charge in [-0.05, 0) is 111 Å². The van der Waals surface area contributed by atoms with Gasteiger partial charge in [-0.2, -0.15) is 0 Å². The van der Waals surface area contributed by atoms with Crippen LogP contribution in [0.3, 0.4) is 0 Å². The van der Waals surface area contributed by atoms with Crippen molar-refractivity contribution in [2.24, 2.45) is 46.3 Å². The first-order valence-electron chi connectivity index (χ1n) is 19.2. The van der Waals surface area contributed by atoms with Gasteiger partial charge in [-0.3, -0.25) is 9.59 Å². The Morgan fingerprint density at radius 2 is 1.77 bits per heavy atom. The summed E-state index contributed by atoms with van der Waals surface area (Å²) in [7, 11) is 0. The molecule has 2 amide bonds. The molecule has 4 aliphatic carbocycles. The molecule has 47 heavy (non-hydrogen) atoms. The number of aliphatic hydroxyl groups excluding tert-OH is 1. The molecule has 1 saturated heterocycles. The molecule has 0 bridgehead atoms. The van der Waals surface area contributed by atoms with Crippen LogP contribution in [0.1, 0.15) is 112 Å². The molecule has 4 fully saturated rings. The Labute approximate surface area is 285 Å². The number of aliphatic hydroxyl groups is 1. The summed E-state index contributed by atoms with van der Waals surface area (Å²) in [5, 5.41) is 12.3. The van der Waals surface area contributed by atoms with Gasteiger partial charge in [0.05, 0.1) is 38.6 Å². The van der Waals surface area contributed by atoms with E-state index in [1.54, 1.807) is 10.5 Å². The lowest BCUT2D eigenvalue weighted by atomic mass is 9.46. The third-order valence-corrected chi connectivity index (χ3v) is 13.5. The fraction of sp³-hybridized carbons (Fsp3) is 0.897. The lowest BCUT2D eigenvalue weighted by molar-refractivity contribution is -0.138. The minimum absolute atomic E-state index is 0.00300. The van der Waals surface area contributed by atoms with Crippen molar-refractivity contribution in [1.29, 1.82) is 0 Å². The predicted molar refractivity (Wildman–Crippen MR) is 185 cm³/mol. The van der Waals surface area contributed by atoms with Crippen molar-refractivity contribution < 1.29 is 28.9 Å². The fourth-order valence-corrected chi connectivity index (χ4v) is 10.9. The molecule has 9 atom stereocenters. The van der Waals surface area contributed by atoms with E-state index in [0.29, 0.717) is 38.3 Å². The first-order valence-corrected chi connectivity index (χ1v) is 19.2. The van der Waals surface area contributed by atoms with E-state index in [-0.39, 0.29) is 49.2 Å². The minimum atomic E-state index is -0.111. The van der Waals surface area contributed by atoms with Crippen LogP contribution in [0.5, 0.6) is 0 Å². The number of likely N-dealkylation sites (tertiary alicyclic amines) is 1. The zero-order chi connectivity index (χ0) is 33.6. The Morgan fingerprint density at radius 3 is 2.55 bits per heavy atom. The van der Waals surface area contributed by atoms with Gasteiger partial charge in [-0.1, -0.05) is 59.1 Å². The maximum Gasteiger partial charge on any atom is 0.248 e. The van der Waals surface area contributed by atoms with Crippen LogP contribution >= 0.6 is 0 Å². The van der Waals surface area contributed by atoms with E-state index in [2.05, 4.69) is 46.0 Å². The molecule has 4 unspecified atom stereocenters. The molecule has 8 nitrogen and oxygen atoms in total. The molecule has 1 heterocycles. The number of carbonyl (C=O) groups excluding carboxylic acids is 2. The standard InChI is InChI=1S/C39H66N2O6/c1-27(2)8-9-28(3)33-12-13-34-32-11-10-29-23-31(14-16-38(29,4)35(32)15-17-39(33,34)5)47-25-36(43)40-18-20-45-21-22-46-26-37(44)41-19-6-7-30(41)24-42/h23,27-28,30-35,42H,6-22,24-26H2,1-5H3,(H,40,43)/t28-,30-,31+,32?,33?,34?,35?,38+,39-/m0/s1. The zero-order valence-electron chi connectivity index (χ0n) is 30.3. The van der Waals surface area contributed by atoms with Crippen LogP contribution in [-0.2, 0) is 23.8 Å². The molecule has 1 aliphatic heterocycles. The number of hydrogen-bond donors (Lipinski definition) is 2. The predicted octanol–water partition coefficient (Wildman–Crippen LogP) is 6.16. The summed E-state index contributed by atoms with van der Waals surface area (Å²) in [5.41, 5.74) is 2.42. The fourth-order valence-electron chi connectivity index (χ4n) is 10.9. The second-order valence-electron chi connectivity index (χ2n) is 16.7. The van der Waals surface area contributed by atoms with E-state index in [1.165, 1.54) is 57.8 Å². The number of ether oxygens (including phenoxy) is 3. The largest absolute Gasteiger partial charge is 0.394 e. The van der Waals surface area contributed by atoms with Gasteiger partial charge in [0.15, 0.2) is 0 Å². The molecule has 0 spiro atoms. The average molecular weight is 659 g/mol. The normalized spacial score (nSPS) is 35.6. The van der Waals surface area contributed by atoms with Crippen LogP contribution in [0.15, 0.2) is 11.6 Å². The summed E-state index contributed by atoms with van der Waals surface area (Å²) < 4.78 is 17.1. The highest BCUT2D eigenvalue weighted by Crippen LogP contribution is 2.67. The van der Waals surface area contributed by atoms with Crippen LogP contribution in [-0.4, -0.2) is 86.7 Å². The van der Waals surface area contributed by atoms with E-state index in [1.807, 2.05) is 0 Å². The summed E-state index contributed by atoms with van der Waals surface area (Å²) in [6.45, 7) is 14.8. The van der Waals surface area contributed by atoms with E-state index in [0.717, 1.165) is 54.8 Å². The van der Waals surface area contributed by atoms with Gasteiger partial charge in [0.25, 0.3) is 0 Å². The lowest BCUT2D eigenvalue weighted by Crippen LogP contribution is -2.51. The lowest BCUT2D eigenvalue weighted by Gasteiger charge is -2.59. The second kappa shape index (κ2) is 16.5. The van der Waals surface area contributed by atoms with Gasteiger partial charge >= 0.3 is 0 Å². The first kappa shape index (κ1) is 36.8. The molecule has 268 valence electrons. The number of fused-ring (bicyclic) bond motifs is 5. The molecule has 3 saturated carbocycles. The van der Waals surface area contributed by atoms with Crippen molar-refractivity contribution in [3.05, 3.63) is 11.6 Å². The number of allylic oxidation sites excluding steroid dienone is 1. The number of rotatable bonds is 16. The number of amides is 2. The van der Waals surface area contributed by atoms with Crippen LogP contribution < -0.4 is 5.32 Å². The Kier molecular flexibility index (Phi) is 12.9. The van der Waals surface area contributed by atoms with Crippen molar-refractivity contribution in [3.8, 4) is 0 Å². The maximum atomic E-state index is 12.5. The molecule has 8 heteroatoms. The van der Waals surface area contributed by atoms with Crippen molar-refractivity contribution in [3.63, 3.8) is 0 Å². The van der Waals surface area contributed by atoms with Gasteiger partial charge in [0.1, 0.15) is 13.2 Å². The highest BCUT2D eigenvalue weighted by atomic mass is 16.5. The topological polar surface area (TPSA) is 97.3 Å². The van der Waals surface area contributed by atoms with Gasteiger partial charge in [0, 0.05) is 13.1 Å². The third kappa shape index (κ3) is 8.46. The number of nitrogens with one attached hydrogen (secondary N) is 1. The molecular formula is C39H66N2O6. The Morgan fingerprint density at radius 1 is 0.957 bits per heavy atom. The third-order valence-electron chi connectivity index (χ3n) is 13.5. The monoisotopic (exact) mass is 658 g/mol. The van der Waals surface area contributed by atoms with E-state index >= 15 is 0 Å². The molecule has 0 radical (unpaired) electrons. The SMILES string of the molecule is CC(C)CC[C@H](C)C1CCC2C3CCC4=C[C@H](OCC(=O)NCCOCCOCC(=O)N5CCC[C@H]5CO)CC[C@@]4(C)C3CC[C@]21C. The van der Waals surface area contributed by atoms with Crippen molar-refractivity contribution in [2.45, 2.75) is 124 Å². The Bertz CT molecular complexity index is 1080. The van der Waals surface area contributed by atoms with Gasteiger partial charge in [-0.15, -0.1) is 0 Å². The smallest absolute Gasteiger partial charge is 0.248 e. The van der Waals surface area contributed by atoms with Gasteiger partial charge in [0.2, 0.25) is 11.8 Å². The summed E-state index contributed by atoms with van der Waals surface area (Å²) in [5.74, 6) is 4.91. The first-order chi connectivity index (χ1) is 22.6. The number of nitrogens with zero attached hydrogens (tertiary/aromatic N) is 1.